The number of hydrogen-bond acceptors (Lipinski definition) is 5. The highest BCUT2D eigenvalue weighted by Gasteiger charge is 2.15. The highest BCUT2D eigenvalue weighted by Crippen LogP contribution is 2.13. The van der Waals surface area contributed by atoms with Crippen molar-refractivity contribution in [1.82, 2.24) is 9.88 Å². The first kappa shape index (κ1) is 10.8. The first-order chi connectivity index (χ1) is 7.75. The Labute approximate surface area is 93.0 Å². The maximum absolute atomic E-state index is 10.4. The van der Waals surface area contributed by atoms with Gasteiger partial charge in [-0.3, -0.25) is 10.1 Å². The number of pyridine rings is 1. The molecule has 1 saturated heterocycles. The number of nitro groups is 1. The maximum Gasteiger partial charge on any atom is 0.287 e. The van der Waals surface area contributed by atoms with Crippen molar-refractivity contribution in [3.05, 3.63) is 28.4 Å². The van der Waals surface area contributed by atoms with E-state index >= 15 is 0 Å². The third-order valence-electron chi connectivity index (χ3n) is 2.34. The molecule has 1 aromatic rings. The van der Waals surface area contributed by atoms with Gasteiger partial charge in [0.25, 0.3) is 5.69 Å². The van der Waals surface area contributed by atoms with E-state index in [9.17, 15) is 10.1 Å². The van der Waals surface area contributed by atoms with Gasteiger partial charge in [0, 0.05) is 31.8 Å². The molecule has 6 heteroatoms. The molecule has 1 aliphatic rings. The Morgan fingerprint density at radius 1 is 1.50 bits per heavy atom. The molecule has 2 heterocycles. The van der Waals surface area contributed by atoms with Gasteiger partial charge in [-0.25, -0.2) is 4.98 Å². The standard InChI is InChI=1S/C10H13N3O3/c14-13(15)9-2-3-10(11-8-9)16-7-1-4-12-5-6-12/h2-3,8H,1,4-7H2. The number of hydrogen-bond donors (Lipinski definition) is 0. The van der Waals surface area contributed by atoms with E-state index in [0.29, 0.717) is 12.5 Å². The van der Waals surface area contributed by atoms with Gasteiger partial charge in [-0.1, -0.05) is 0 Å². The van der Waals surface area contributed by atoms with Crippen LogP contribution >= 0.6 is 0 Å². The van der Waals surface area contributed by atoms with Gasteiger partial charge in [0.2, 0.25) is 5.88 Å². The van der Waals surface area contributed by atoms with Gasteiger partial charge in [0.15, 0.2) is 0 Å². The smallest absolute Gasteiger partial charge is 0.287 e. The fourth-order valence-electron chi connectivity index (χ4n) is 1.33. The van der Waals surface area contributed by atoms with Crippen molar-refractivity contribution < 1.29 is 9.66 Å². The zero-order valence-electron chi connectivity index (χ0n) is 8.83. The molecular formula is C10H13N3O3. The van der Waals surface area contributed by atoms with Crippen LogP contribution in [-0.4, -0.2) is 41.0 Å². The summed E-state index contributed by atoms with van der Waals surface area (Å²) in [5.74, 6) is 0.441. The molecule has 0 radical (unpaired) electrons. The fraction of sp³-hybridized carbons (Fsp3) is 0.500. The van der Waals surface area contributed by atoms with Crippen LogP contribution in [0.3, 0.4) is 0 Å². The van der Waals surface area contributed by atoms with Crippen LogP contribution in [0, 0.1) is 10.1 Å². The van der Waals surface area contributed by atoms with Crippen LogP contribution in [0.1, 0.15) is 6.42 Å². The van der Waals surface area contributed by atoms with Gasteiger partial charge in [-0.15, -0.1) is 0 Å². The number of aromatic nitrogens is 1. The number of rotatable bonds is 6. The Morgan fingerprint density at radius 2 is 2.31 bits per heavy atom. The largest absolute Gasteiger partial charge is 0.478 e. The van der Waals surface area contributed by atoms with Crippen LogP contribution in [0.15, 0.2) is 18.3 Å². The van der Waals surface area contributed by atoms with Crippen molar-refractivity contribution in [3.8, 4) is 5.88 Å². The first-order valence-electron chi connectivity index (χ1n) is 5.21. The van der Waals surface area contributed by atoms with Crippen molar-refractivity contribution in [2.75, 3.05) is 26.2 Å². The predicted octanol–water partition coefficient (Wildman–Crippen LogP) is 1.07. The lowest BCUT2D eigenvalue weighted by Gasteiger charge is -2.04. The van der Waals surface area contributed by atoms with Gasteiger partial charge in [-0.2, -0.15) is 0 Å². The van der Waals surface area contributed by atoms with Gasteiger partial charge >= 0.3 is 0 Å². The third kappa shape index (κ3) is 3.16. The van der Waals surface area contributed by atoms with Crippen LogP contribution in [0.2, 0.25) is 0 Å². The Balaban J connectivity index is 1.73. The molecule has 1 aliphatic heterocycles. The van der Waals surface area contributed by atoms with E-state index in [1.54, 1.807) is 0 Å². The summed E-state index contributed by atoms with van der Waals surface area (Å²) in [6, 6.07) is 2.92. The highest BCUT2D eigenvalue weighted by molar-refractivity contribution is 5.28. The summed E-state index contributed by atoms with van der Waals surface area (Å²) < 4.78 is 5.36. The highest BCUT2D eigenvalue weighted by atomic mass is 16.6. The molecule has 0 bridgehead atoms. The number of ether oxygens (including phenoxy) is 1. The zero-order chi connectivity index (χ0) is 11.4. The summed E-state index contributed by atoms with van der Waals surface area (Å²) in [5.41, 5.74) is -0.0172. The summed E-state index contributed by atoms with van der Waals surface area (Å²) in [6.45, 7) is 4.03. The monoisotopic (exact) mass is 223 g/mol. The molecular weight excluding hydrogens is 210 g/mol. The van der Waals surface area contributed by atoms with Crippen LogP contribution < -0.4 is 4.74 Å². The van der Waals surface area contributed by atoms with Crippen LogP contribution in [-0.2, 0) is 0 Å². The Hall–Kier alpha value is -1.69. The molecule has 0 N–H and O–H groups in total. The second kappa shape index (κ2) is 4.89. The van der Waals surface area contributed by atoms with Crippen molar-refractivity contribution in [1.29, 1.82) is 0 Å². The molecule has 2 rings (SSSR count). The zero-order valence-corrected chi connectivity index (χ0v) is 8.83. The van der Waals surface area contributed by atoms with Gasteiger partial charge in [0.05, 0.1) is 11.5 Å². The maximum atomic E-state index is 10.4. The molecule has 0 aromatic carbocycles. The van der Waals surface area contributed by atoms with Gasteiger partial charge < -0.3 is 9.64 Å². The second-order valence-electron chi connectivity index (χ2n) is 3.66. The molecule has 1 fully saturated rings. The Bertz CT molecular complexity index is 362. The Morgan fingerprint density at radius 3 is 2.88 bits per heavy atom. The minimum absolute atomic E-state index is 0.0172. The van der Waals surface area contributed by atoms with Crippen molar-refractivity contribution in [3.63, 3.8) is 0 Å². The Kier molecular flexibility index (Phi) is 3.31. The topological polar surface area (TPSA) is 68.3 Å². The van der Waals surface area contributed by atoms with Crippen molar-refractivity contribution >= 4 is 5.69 Å². The van der Waals surface area contributed by atoms with Crippen molar-refractivity contribution in [2.24, 2.45) is 0 Å². The molecule has 16 heavy (non-hydrogen) atoms. The van der Waals surface area contributed by atoms with Crippen LogP contribution in [0.5, 0.6) is 5.88 Å². The second-order valence-corrected chi connectivity index (χ2v) is 3.66. The van der Waals surface area contributed by atoms with E-state index < -0.39 is 4.92 Å². The molecule has 1 aromatic heterocycles. The summed E-state index contributed by atoms with van der Waals surface area (Å²) >= 11 is 0. The first-order valence-corrected chi connectivity index (χ1v) is 5.21. The van der Waals surface area contributed by atoms with E-state index in [1.165, 1.54) is 31.4 Å². The van der Waals surface area contributed by atoms with E-state index in [-0.39, 0.29) is 5.69 Å². The third-order valence-corrected chi connectivity index (χ3v) is 2.34. The molecule has 86 valence electrons. The summed E-state index contributed by atoms with van der Waals surface area (Å²) in [6.07, 6.45) is 2.17. The molecule has 0 aliphatic carbocycles. The van der Waals surface area contributed by atoms with Crippen LogP contribution in [0.25, 0.3) is 0 Å². The normalized spacial score (nSPS) is 14.8. The average Bonchev–Trinajstić information content (AvgIpc) is 3.09. The SMILES string of the molecule is O=[N+]([O-])c1ccc(OCCCN2CC2)nc1. The molecule has 0 atom stereocenters. The van der Waals surface area contributed by atoms with E-state index in [4.69, 9.17) is 4.74 Å². The van der Waals surface area contributed by atoms with Gasteiger partial charge in [-0.05, 0) is 6.42 Å². The quantitative estimate of drug-likeness (QED) is 0.312. The summed E-state index contributed by atoms with van der Waals surface area (Å²) in [4.78, 5) is 16.1. The lowest BCUT2D eigenvalue weighted by atomic mass is 10.4. The fourth-order valence-corrected chi connectivity index (χ4v) is 1.33. The molecule has 0 spiro atoms. The summed E-state index contributed by atoms with van der Waals surface area (Å²) in [7, 11) is 0. The lowest BCUT2D eigenvalue weighted by Crippen LogP contribution is -2.06. The lowest BCUT2D eigenvalue weighted by molar-refractivity contribution is -0.385. The van der Waals surface area contributed by atoms with E-state index in [1.807, 2.05) is 0 Å². The van der Waals surface area contributed by atoms with E-state index in [2.05, 4.69) is 9.88 Å². The minimum Gasteiger partial charge on any atom is -0.478 e. The average molecular weight is 223 g/mol. The minimum atomic E-state index is -0.475. The van der Waals surface area contributed by atoms with Crippen LogP contribution in [0.4, 0.5) is 5.69 Å². The molecule has 6 nitrogen and oxygen atoms in total. The van der Waals surface area contributed by atoms with Gasteiger partial charge in [0.1, 0.15) is 6.20 Å². The molecule has 0 unspecified atom stereocenters. The molecule has 0 saturated carbocycles. The number of nitrogens with zero attached hydrogens (tertiary/aromatic N) is 3. The molecule has 0 amide bonds. The van der Waals surface area contributed by atoms with E-state index in [0.717, 1.165) is 13.0 Å². The van der Waals surface area contributed by atoms with Crippen molar-refractivity contribution in [2.45, 2.75) is 6.42 Å². The summed E-state index contributed by atoms with van der Waals surface area (Å²) in [5, 5.41) is 10.4. The predicted molar refractivity (Wildman–Crippen MR) is 57.4 cm³/mol.